The zero-order valence-electron chi connectivity index (χ0n) is 16.1. The molecule has 0 aliphatic heterocycles. The molecule has 0 heterocycles. The molecule has 0 atom stereocenters. The Bertz CT molecular complexity index is 876. The summed E-state index contributed by atoms with van der Waals surface area (Å²) in [6.45, 7) is 0. The van der Waals surface area contributed by atoms with Crippen LogP contribution in [0.5, 0.6) is 5.75 Å². The number of hydrogen-bond acceptors (Lipinski definition) is 2. The molecule has 3 aromatic carbocycles. The normalized spacial score (nSPS) is 14.5. The largest absolute Gasteiger partial charge is 0.497 e. The fourth-order valence-corrected chi connectivity index (χ4v) is 3.82. The van der Waals surface area contributed by atoms with Crippen LogP contribution in [0.1, 0.15) is 41.9 Å². The molecule has 1 fully saturated rings. The van der Waals surface area contributed by atoms with Gasteiger partial charge in [-0.05, 0) is 41.7 Å². The molecule has 0 bridgehead atoms. The molecule has 1 saturated carbocycles. The van der Waals surface area contributed by atoms with Gasteiger partial charge >= 0.3 is 0 Å². The SMILES string of the molecule is COc1ccc(C2(NC(=O)CC(c3ccccc3)c3ccccc3)CC2)cc1. The predicted molar refractivity (Wildman–Crippen MR) is 111 cm³/mol. The van der Waals surface area contributed by atoms with Gasteiger partial charge in [0.15, 0.2) is 0 Å². The molecule has 4 rings (SSSR count). The van der Waals surface area contributed by atoms with Crippen molar-refractivity contribution in [1.29, 1.82) is 0 Å². The van der Waals surface area contributed by atoms with Gasteiger partial charge < -0.3 is 10.1 Å². The Morgan fingerprint density at radius 3 is 1.89 bits per heavy atom. The Morgan fingerprint density at radius 2 is 1.43 bits per heavy atom. The van der Waals surface area contributed by atoms with Gasteiger partial charge in [-0.15, -0.1) is 0 Å². The lowest BCUT2D eigenvalue weighted by Gasteiger charge is -2.22. The van der Waals surface area contributed by atoms with Gasteiger partial charge in [-0.2, -0.15) is 0 Å². The van der Waals surface area contributed by atoms with Gasteiger partial charge in [-0.1, -0.05) is 72.8 Å². The molecule has 3 nitrogen and oxygen atoms in total. The van der Waals surface area contributed by atoms with Crippen LogP contribution in [-0.4, -0.2) is 13.0 Å². The van der Waals surface area contributed by atoms with Gasteiger partial charge in [0.1, 0.15) is 5.75 Å². The fourth-order valence-electron chi connectivity index (χ4n) is 3.82. The summed E-state index contributed by atoms with van der Waals surface area (Å²) in [5.41, 5.74) is 3.26. The van der Waals surface area contributed by atoms with Crippen LogP contribution in [0, 0.1) is 0 Å². The third-order valence-electron chi connectivity index (χ3n) is 5.56. The van der Waals surface area contributed by atoms with Crippen LogP contribution >= 0.6 is 0 Å². The Hall–Kier alpha value is -3.07. The van der Waals surface area contributed by atoms with Crippen molar-refractivity contribution in [2.45, 2.75) is 30.7 Å². The third-order valence-corrected chi connectivity index (χ3v) is 5.56. The van der Waals surface area contributed by atoms with Crippen molar-refractivity contribution in [3.63, 3.8) is 0 Å². The zero-order chi connectivity index (χ0) is 19.4. The maximum Gasteiger partial charge on any atom is 0.221 e. The number of rotatable bonds is 7. The number of benzene rings is 3. The molecular formula is C25H25NO2. The summed E-state index contributed by atoms with van der Waals surface area (Å²) < 4.78 is 5.25. The van der Waals surface area contributed by atoms with Crippen molar-refractivity contribution in [2.75, 3.05) is 7.11 Å². The van der Waals surface area contributed by atoms with Crippen LogP contribution in [0.25, 0.3) is 0 Å². The number of amides is 1. The molecule has 0 radical (unpaired) electrons. The second-order valence-corrected chi connectivity index (χ2v) is 7.44. The van der Waals surface area contributed by atoms with Crippen LogP contribution in [0.4, 0.5) is 0 Å². The molecular weight excluding hydrogens is 346 g/mol. The first-order valence-electron chi connectivity index (χ1n) is 9.76. The predicted octanol–water partition coefficient (Wildman–Crippen LogP) is 5.02. The molecule has 0 spiro atoms. The van der Waals surface area contributed by atoms with E-state index in [4.69, 9.17) is 4.74 Å². The Kier molecular flexibility index (Phi) is 5.16. The first kappa shape index (κ1) is 18.3. The van der Waals surface area contributed by atoms with E-state index in [1.165, 1.54) is 0 Å². The number of nitrogens with one attached hydrogen (secondary N) is 1. The van der Waals surface area contributed by atoms with Crippen molar-refractivity contribution >= 4 is 5.91 Å². The van der Waals surface area contributed by atoms with E-state index in [9.17, 15) is 4.79 Å². The number of hydrogen-bond donors (Lipinski definition) is 1. The van der Waals surface area contributed by atoms with Crippen molar-refractivity contribution in [3.05, 3.63) is 102 Å². The standard InChI is InChI=1S/C25H25NO2/c1-28-22-14-12-21(13-15-22)25(16-17-25)26-24(27)18-23(19-8-4-2-5-9-19)20-10-6-3-7-11-20/h2-15,23H,16-18H2,1H3,(H,26,27). The van der Waals surface area contributed by atoms with E-state index in [1.807, 2.05) is 48.5 Å². The smallest absolute Gasteiger partial charge is 0.221 e. The summed E-state index contributed by atoms with van der Waals surface area (Å²) in [5.74, 6) is 0.971. The lowest BCUT2D eigenvalue weighted by molar-refractivity contribution is -0.122. The minimum Gasteiger partial charge on any atom is -0.497 e. The highest BCUT2D eigenvalue weighted by Gasteiger charge is 2.45. The fraction of sp³-hybridized carbons (Fsp3) is 0.240. The highest BCUT2D eigenvalue weighted by atomic mass is 16.5. The minimum atomic E-state index is -0.221. The van der Waals surface area contributed by atoms with Crippen molar-refractivity contribution in [1.82, 2.24) is 5.32 Å². The van der Waals surface area contributed by atoms with Crippen LogP contribution in [0.3, 0.4) is 0 Å². The zero-order valence-corrected chi connectivity index (χ0v) is 16.1. The molecule has 0 saturated heterocycles. The van der Waals surface area contributed by atoms with E-state index in [2.05, 4.69) is 41.7 Å². The third kappa shape index (κ3) is 3.94. The Morgan fingerprint density at radius 1 is 0.893 bits per heavy atom. The number of carbonyl (C=O) groups excluding carboxylic acids is 1. The maximum atomic E-state index is 13.0. The van der Waals surface area contributed by atoms with Gasteiger partial charge in [0, 0.05) is 12.3 Å². The van der Waals surface area contributed by atoms with Crippen LogP contribution < -0.4 is 10.1 Å². The first-order chi connectivity index (χ1) is 13.7. The van der Waals surface area contributed by atoms with E-state index in [-0.39, 0.29) is 17.4 Å². The lowest BCUT2D eigenvalue weighted by atomic mass is 9.88. The Balaban J connectivity index is 1.52. The monoisotopic (exact) mass is 371 g/mol. The van der Waals surface area contributed by atoms with Crippen molar-refractivity contribution in [3.8, 4) is 5.75 Å². The second kappa shape index (κ2) is 7.89. The van der Waals surface area contributed by atoms with Crippen LogP contribution in [0.15, 0.2) is 84.9 Å². The van der Waals surface area contributed by atoms with E-state index in [0.29, 0.717) is 6.42 Å². The van der Waals surface area contributed by atoms with Gasteiger partial charge in [0.2, 0.25) is 5.91 Å². The summed E-state index contributed by atoms with van der Waals surface area (Å²) in [5, 5.41) is 3.31. The lowest BCUT2D eigenvalue weighted by Crippen LogP contribution is -2.35. The molecule has 142 valence electrons. The van der Waals surface area contributed by atoms with Gasteiger partial charge in [-0.25, -0.2) is 0 Å². The van der Waals surface area contributed by atoms with E-state index >= 15 is 0 Å². The van der Waals surface area contributed by atoms with E-state index in [0.717, 1.165) is 35.3 Å². The summed E-state index contributed by atoms with van der Waals surface area (Å²) in [4.78, 5) is 13.0. The van der Waals surface area contributed by atoms with Crippen LogP contribution in [-0.2, 0) is 10.3 Å². The summed E-state index contributed by atoms with van der Waals surface area (Å²) in [6.07, 6.45) is 2.39. The molecule has 0 aromatic heterocycles. The quantitative estimate of drug-likeness (QED) is 0.633. The molecule has 1 aliphatic rings. The highest BCUT2D eigenvalue weighted by molar-refractivity contribution is 5.79. The topological polar surface area (TPSA) is 38.3 Å². The molecule has 28 heavy (non-hydrogen) atoms. The van der Waals surface area contributed by atoms with Gasteiger partial charge in [0.25, 0.3) is 0 Å². The highest BCUT2D eigenvalue weighted by Crippen LogP contribution is 2.46. The van der Waals surface area contributed by atoms with Crippen molar-refractivity contribution < 1.29 is 9.53 Å². The van der Waals surface area contributed by atoms with Crippen LogP contribution in [0.2, 0.25) is 0 Å². The molecule has 0 unspecified atom stereocenters. The van der Waals surface area contributed by atoms with E-state index in [1.54, 1.807) is 7.11 Å². The second-order valence-electron chi connectivity index (χ2n) is 7.44. The first-order valence-corrected chi connectivity index (χ1v) is 9.76. The average molecular weight is 371 g/mol. The Labute approximate surface area is 166 Å². The van der Waals surface area contributed by atoms with Crippen molar-refractivity contribution in [2.24, 2.45) is 0 Å². The summed E-state index contributed by atoms with van der Waals surface area (Å²) in [6, 6.07) is 28.6. The van der Waals surface area contributed by atoms with Gasteiger partial charge in [-0.3, -0.25) is 4.79 Å². The molecule has 1 N–H and O–H groups in total. The molecule has 1 aliphatic carbocycles. The summed E-state index contributed by atoms with van der Waals surface area (Å²) in [7, 11) is 1.66. The molecule has 3 heteroatoms. The number of carbonyl (C=O) groups is 1. The van der Waals surface area contributed by atoms with E-state index < -0.39 is 0 Å². The number of methoxy groups -OCH3 is 1. The molecule has 3 aromatic rings. The van der Waals surface area contributed by atoms with Gasteiger partial charge in [0.05, 0.1) is 12.6 Å². The minimum absolute atomic E-state index is 0.0501. The maximum absolute atomic E-state index is 13.0. The molecule has 1 amide bonds. The number of ether oxygens (including phenoxy) is 1. The average Bonchev–Trinajstić information content (AvgIpc) is 3.54. The summed E-state index contributed by atoms with van der Waals surface area (Å²) >= 11 is 0.